The number of rotatable bonds is 14. The summed E-state index contributed by atoms with van der Waals surface area (Å²) in [5, 5.41) is 17.8. The molecule has 0 aliphatic rings. The van der Waals surface area contributed by atoms with E-state index < -0.39 is 28.0 Å². The largest absolute Gasteiger partial charge is 0.494 e. The van der Waals surface area contributed by atoms with Gasteiger partial charge in [-0.15, -0.1) is 0 Å². The summed E-state index contributed by atoms with van der Waals surface area (Å²) in [7, 11) is -3.64. The predicted molar refractivity (Wildman–Crippen MR) is 100 cm³/mol. The summed E-state index contributed by atoms with van der Waals surface area (Å²) in [5.74, 6) is -1.57. The molecular weight excluding hydrogens is 374 g/mol. The smallest absolute Gasteiger partial charge is 0.322 e. The maximum atomic E-state index is 11.9. The number of sulfonamides is 1. The third-order valence-corrected chi connectivity index (χ3v) is 5.27. The molecule has 152 valence electrons. The number of hydrogen-bond donors (Lipinski definition) is 3. The Hall–Kier alpha value is -2.13. The van der Waals surface area contributed by atoms with Crippen LogP contribution in [0.25, 0.3) is 0 Å². The van der Waals surface area contributed by atoms with Crippen LogP contribution in [0.5, 0.6) is 5.75 Å². The normalized spacial score (nSPS) is 12.5. The van der Waals surface area contributed by atoms with E-state index in [1.165, 1.54) is 0 Å². The molecule has 0 aliphatic heterocycles. The molecule has 9 heteroatoms. The van der Waals surface area contributed by atoms with Crippen molar-refractivity contribution >= 4 is 22.0 Å². The average molecular weight is 401 g/mol. The Balaban J connectivity index is 2.55. The van der Waals surface area contributed by atoms with Gasteiger partial charge in [-0.2, -0.15) is 0 Å². The number of nitrogens with one attached hydrogen (secondary N) is 1. The highest BCUT2D eigenvalue weighted by molar-refractivity contribution is 7.89. The van der Waals surface area contributed by atoms with E-state index in [0.29, 0.717) is 43.6 Å². The molecule has 0 fully saturated rings. The summed E-state index contributed by atoms with van der Waals surface area (Å²) in [6, 6.07) is 5.49. The van der Waals surface area contributed by atoms with E-state index in [4.69, 9.17) is 9.84 Å². The lowest BCUT2D eigenvalue weighted by molar-refractivity contribution is -0.139. The molecule has 0 amide bonds. The molecule has 0 aliphatic carbocycles. The van der Waals surface area contributed by atoms with Crippen molar-refractivity contribution in [2.75, 3.05) is 12.4 Å². The second kappa shape index (κ2) is 11.6. The van der Waals surface area contributed by atoms with Gasteiger partial charge in [0.1, 0.15) is 11.8 Å². The van der Waals surface area contributed by atoms with E-state index in [1.54, 1.807) is 24.3 Å². The van der Waals surface area contributed by atoms with E-state index in [1.807, 2.05) is 6.92 Å². The average Bonchev–Trinajstić information content (AvgIpc) is 2.60. The molecule has 0 spiro atoms. The van der Waals surface area contributed by atoms with Crippen LogP contribution in [0.1, 0.15) is 44.6 Å². The topological polar surface area (TPSA) is 130 Å². The maximum Gasteiger partial charge on any atom is 0.322 e. The van der Waals surface area contributed by atoms with Crippen molar-refractivity contribution in [3.63, 3.8) is 0 Å². The number of aliphatic carboxylic acids is 2. The highest BCUT2D eigenvalue weighted by atomic mass is 32.2. The molecule has 1 atom stereocenters. The quantitative estimate of drug-likeness (QED) is 0.407. The first-order chi connectivity index (χ1) is 12.7. The fourth-order valence-corrected chi connectivity index (χ4v) is 3.72. The summed E-state index contributed by atoms with van der Waals surface area (Å²) in [5.41, 5.74) is 0.666. The van der Waals surface area contributed by atoms with Gasteiger partial charge in [-0.3, -0.25) is 9.59 Å². The molecule has 0 aromatic heterocycles. The number of carbonyl (C=O) groups is 2. The van der Waals surface area contributed by atoms with Crippen LogP contribution in [-0.4, -0.2) is 49.0 Å². The number of ether oxygens (including phenoxy) is 1. The molecule has 27 heavy (non-hydrogen) atoms. The van der Waals surface area contributed by atoms with Gasteiger partial charge in [0.2, 0.25) is 10.0 Å². The fraction of sp³-hybridized carbons (Fsp3) is 0.556. The minimum Gasteiger partial charge on any atom is -0.494 e. The number of carboxylic acids is 2. The van der Waals surface area contributed by atoms with Gasteiger partial charge in [-0.1, -0.05) is 25.5 Å². The minimum atomic E-state index is -3.64. The fourth-order valence-electron chi connectivity index (χ4n) is 2.32. The van der Waals surface area contributed by atoms with Crippen molar-refractivity contribution in [1.29, 1.82) is 0 Å². The summed E-state index contributed by atoms with van der Waals surface area (Å²) in [4.78, 5) is 21.8. The Morgan fingerprint density at radius 2 is 1.78 bits per heavy atom. The van der Waals surface area contributed by atoms with Gasteiger partial charge in [-0.25, -0.2) is 13.1 Å². The summed E-state index contributed by atoms with van der Waals surface area (Å²) >= 11 is 0. The highest BCUT2D eigenvalue weighted by Crippen LogP contribution is 2.15. The predicted octanol–water partition coefficient (Wildman–Crippen LogP) is 2.04. The van der Waals surface area contributed by atoms with Gasteiger partial charge in [0.05, 0.1) is 12.4 Å². The molecule has 0 heterocycles. The van der Waals surface area contributed by atoms with Crippen molar-refractivity contribution in [1.82, 2.24) is 4.72 Å². The van der Waals surface area contributed by atoms with Gasteiger partial charge < -0.3 is 14.9 Å². The summed E-state index contributed by atoms with van der Waals surface area (Å²) in [6.45, 7) is 2.25. The third kappa shape index (κ3) is 9.95. The minimum absolute atomic E-state index is 0.0274. The molecule has 0 radical (unpaired) electrons. The lowest BCUT2D eigenvalue weighted by Gasteiger charge is -2.15. The van der Waals surface area contributed by atoms with Gasteiger partial charge in [0, 0.05) is 6.42 Å². The molecule has 8 nitrogen and oxygen atoms in total. The molecule has 0 saturated carbocycles. The van der Waals surface area contributed by atoms with Crippen LogP contribution in [0.2, 0.25) is 0 Å². The first-order valence-electron chi connectivity index (χ1n) is 8.90. The van der Waals surface area contributed by atoms with Crippen LogP contribution < -0.4 is 9.46 Å². The molecular formula is C18H27NO7S. The third-order valence-electron chi connectivity index (χ3n) is 3.80. The van der Waals surface area contributed by atoms with E-state index in [9.17, 15) is 23.1 Å². The van der Waals surface area contributed by atoms with E-state index in [2.05, 4.69) is 4.72 Å². The number of benzene rings is 1. The van der Waals surface area contributed by atoms with Crippen LogP contribution >= 0.6 is 0 Å². The Morgan fingerprint density at radius 3 is 2.33 bits per heavy atom. The van der Waals surface area contributed by atoms with Crippen molar-refractivity contribution in [3.05, 3.63) is 29.8 Å². The molecule has 1 aromatic rings. The van der Waals surface area contributed by atoms with Crippen molar-refractivity contribution in [3.8, 4) is 5.75 Å². The van der Waals surface area contributed by atoms with Crippen molar-refractivity contribution < 1.29 is 33.0 Å². The van der Waals surface area contributed by atoms with Gasteiger partial charge in [-0.05, 0) is 43.4 Å². The summed E-state index contributed by atoms with van der Waals surface area (Å²) in [6.07, 6.45) is 2.46. The lowest BCUT2D eigenvalue weighted by atomic mass is 10.1. The summed E-state index contributed by atoms with van der Waals surface area (Å²) < 4.78 is 31.6. The SMILES string of the molecule is CCCCS(=O)(=O)N[C@@H](Cc1ccc(OCCCCC(=O)O)cc1)C(=O)O. The van der Waals surface area contributed by atoms with E-state index in [0.717, 1.165) is 0 Å². The molecule has 1 rings (SSSR count). The Bertz CT molecular complexity index is 701. The lowest BCUT2D eigenvalue weighted by Crippen LogP contribution is -2.43. The Morgan fingerprint density at radius 1 is 1.11 bits per heavy atom. The maximum absolute atomic E-state index is 11.9. The van der Waals surface area contributed by atoms with Crippen LogP contribution in [0.15, 0.2) is 24.3 Å². The van der Waals surface area contributed by atoms with Gasteiger partial charge in [0.25, 0.3) is 0 Å². The van der Waals surface area contributed by atoms with Crippen molar-refractivity contribution in [2.24, 2.45) is 0 Å². The molecule has 0 saturated heterocycles. The first kappa shape index (κ1) is 22.9. The standard InChI is InChI=1S/C18H27NO7S/c1-2-3-12-27(24,25)19-16(18(22)23)13-14-7-9-15(10-8-14)26-11-5-4-6-17(20)21/h7-10,16,19H,2-6,11-13H2,1H3,(H,20,21)(H,22,23)/t16-/m0/s1. The zero-order chi connectivity index (χ0) is 20.3. The highest BCUT2D eigenvalue weighted by Gasteiger charge is 2.24. The number of carboxylic acid groups (broad SMARTS) is 2. The number of hydrogen-bond acceptors (Lipinski definition) is 5. The van der Waals surface area contributed by atoms with Crippen LogP contribution in [0, 0.1) is 0 Å². The first-order valence-corrected chi connectivity index (χ1v) is 10.5. The van der Waals surface area contributed by atoms with Crippen LogP contribution in [0.3, 0.4) is 0 Å². The molecule has 3 N–H and O–H groups in total. The van der Waals surface area contributed by atoms with E-state index in [-0.39, 0.29) is 18.6 Å². The second-order valence-electron chi connectivity index (χ2n) is 6.23. The molecule has 0 bridgehead atoms. The second-order valence-corrected chi connectivity index (χ2v) is 8.10. The van der Waals surface area contributed by atoms with Gasteiger partial charge >= 0.3 is 11.9 Å². The monoisotopic (exact) mass is 401 g/mol. The molecule has 0 unspecified atom stereocenters. The Labute approximate surface area is 159 Å². The van der Waals surface area contributed by atoms with Crippen LogP contribution in [-0.2, 0) is 26.0 Å². The zero-order valence-corrected chi connectivity index (χ0v) is 16.2. The van der Waals surface area contributed by atoms with Crippen molar-refractivity contribution in [2.45, 2.75) is 51.5 Å². The Kier molecular flexibility index (Phi) is 9.81. The van der Waals surface area contributed by atoms with E-state index >= 15 is 0 Å². The van der Waals surface area contributed by atoms with Crippen LogP contribution in [0.4, 0.5) is 0 Å². The number of unbranched alkanes of at least 4 members (excludes halogenated alkanes) is 2. The van der Waals surface area contributed by atoms with Gasteiger partial charge in [0.15, 0.2) is 0 Å². The zero-order valence-electron chi connectivity index (χ0n) is 15.4. The molecule has 1 aromatic carbocycles.